The number of carbonyl (C=O) groups is 1. The molecular formula is C34H43N7O4S. The molecule has 0 saturated carbocycles. The minimum atomic E-state index is -1.33. The van der Waals surface area contributed by atoms with Crippen molar-refractivity contribution in [2.45, 2.75) is 45.4 Å². The summed E-state index contributed by atoms with van der Waals surface area (Å²) in [6.07, 6.45) is 4.10. The first kappa shape index (κ1) is 33.2. The van der Waals surface area contributed by atoms with E-state index < -0.39 is 11.0 Å². The molecule has 0 spiro atoms. The lowest BCUT2D eigenvalue weighted by molar-refractivity contribution is 0.102. The highest BCUT2D eigenvalue weighted by Gasteiger charge is 2.26. The van der Waals surface area contributed by atoms with E-state index in [0.717, 1.165) is 54.1 Å². The number of nitrogens with one attached hydrogen (secondary N) is 3. The van der Waals surface area contributed by atoms with Crippen LogP contribution in [0.5, 0.6) is 5.75 Å². The average Bonchev–Trinajstić information content (AvgIpc) is 3.49. The number of aromatic nitrogens is 3. The molecule has 2 atom stereocenters. The monoisotopic (exact) mass is 645 g/mol. The predicted octanol–water partition coefficient (Wildman–Crippen LogP) is 5.78. The quantitative estimate of drug-likeness (QED) is 0.186. The van der Waals surface area contributed by atoms with E-state index in [0.29, 0.717) is 46.5 Å². The Hall–Kier alpha value is -4.13. The smallest absolute Gasteiger partial charge is 0.255 e. The van der Waals surface area contributed by atoms with E-state index in [1.807, 2.05) is 31.2 Å². The number of hydrogen-bond acceptors (Lipinski definition) is 9. The maximum Gasteiger partial charge on any atom is 0.255 e. The molecule has 5 rings (SSSR count). The van der Waals surface area contributed by atoms with Crippen LogP contribution >= 0.6 is 0 Å². The number of benzene rings is 2. The highest BCUT2D eigenvalue weighted by atomic mass is 32.2. The zero-order chi connectivity index (χ0) is 33.0. The molecule has 3 N–H and O–H groups in total. The van der Waals surface area contributed by atoms with E-state index >= 15 is 0 Å². The zero-order valence-electron chi connectivity index (χ0n) is 27.6. The summed E-state index contributed by atoms with van der Waals surface area (Å²) in [7, 11) is 1.92. The lowest BCUT2D eigenvalue weighted by Gasteiger charge is -2.24. The van der Waals surface area contributed by atoms with Gasteiger partial charge in [-0.3, -0.25) is 4.79 Å². The van der Waals surface area contributed by atoms with Crippen LogP contribution in [0.1, 0.15) is 60.3 Å². The average molecular weight is 646 g/mol. The molecule has 12 heteroatoms. The van der Waals surface area contributed by atoms with E-state index in [1.54, 1.807) is 25.5 Å². The van der Waals surface area contributed by atoms with Gasteiger partial charge in [0.1, 0.15) is 22.8 Å². The summed E-state index contributed by atoms with van der Waals surface area (Å²) in [6, 6.07) is 13.3. The van der Waals surface area contributed by atoms with E-state index in [2.05, 4.69) is 57.1 Å². The number of fused-ring (bicyclic) bond motifs is 1. The first-order valence-corrected chi connectivity index (χ1v) is 16.9. The van der Waals surface area contributed by atoms with Gasteiger partial charge in [-0.05, 0) is 72.8 Å². The van der Waals surface area contributed by atoms with Crippen molar-refractivity contribution in [1.82, 2.24) is 19.9 Å². The van der Waals surface area contributed by atoms with Crippen molar-refractivity contribution in [1.29, 1.82) is 0 Å². The number of methoxy groups -OCH3 is 2. The normalized spacial score (nSPS) is 15.9. The Kier molecular flexibility index (Phi) is 10.2. The summed E-state index contributed by atoms with van der Waals surface area (Å²) in [4.78, 5) is 30.1. The molecule has 1 saturated heterocycles. The van der Waals surface area contributed by atoms with Crippen LogP contribution in [0, 0.1) is 6.92 Å². The summed E-state index contributed by atoms with van der Waals surface area (Å²) >= 11 is 0. The van der Waals surface area contributed by atoms with E-state index in [9.17, 15) is 9.00 Å². The molecule has 46 heavy (non-hydrogen) atoms. The van der Waals surface area contributed by atoms with Gasteiger partial charge in [-0.15, -0.1) is 0 Å². The molecule has 0 aliphatic carbocycles. The third kappa shape index (κ3) is 7.63. The van der Waals surface area contributed by atoms with Gasteiger partial charge in [0.25, 0.3) is 5.91 Å². The van der Waals surface area contributed by atoms with E-state index in [-0.39, 0.29) is 11.3 Å². The highest BCUT2D eigenvalue weighted by Crippen LogP contribution is 2.39. The third-order valence-electron chi connectivity index (χ3n) is 8.22. The summed E-state index contributed by atoms with van der Waals surface area (Å²) in [5.74, 6) is 0.984. The van der Waals surface area contributed by atoms with Crippen molar-refractivity contribution in [3.8, 4) is 5.75 Å². The maximum atomic E-state index is 13.7. The second-order valence-electron chi connectivity index (χ2n) is 12.6. The largest absolute Gasteiger partial charge is 0.492 e. The number of rotatable bonds is 11. The first-order chi connectivity index (χ1) is 22.0. The molecule has 1 aliphatic rings. The molecule has 2 aromatic heterocycles. The number of aryl methyl sites for hydroxylation is 1. The van der Waals surface area contributed by atoms with Gasteiger partial charge in [0.05, 0.1) is 30.6 Å². The Morgan fingerprint density at radius 1 is 1.07 bits per heavy atom. The fraction of sp³-hybridized carbons (Fsp3) is 0.412. The number of pyridine rings is 1. The molecule has 1 amide bonds. The van der Waals surface area contributed by atoms with Crippen molar-refractivity contribution in [2.75, 3.05) is 62.1 Å². The Balaban J connectivity index is 1.42. The van der Waals surface area contributed by atoms with Crippen LogP contribution in [0.25, 0.3) is 11.0 Å². The minimum absolute atomic E-state index is 0.228. The van der Waals surface area contributed by atoms with Crippen LogP contribution in [0.2, 0.25) is 0 Å². The first-order valence-electron chi connectivity index (χ1n) is 15.3. The number of amides is 1. The van der Waals surface area contributed by atoms with Crippen molar-refractivity contribution in [3.63, 3.8) is 0 Å². The van der Waals surface area contributed by atoms with Crippen LogP contribution in [0.15, 0.2) is 48.8 Å². The summed E-state index contributed by atoms with van der Waals surface area (Å²) in [5.41, 5.74) is 6.29. The van der Waals surface area contributed by atoms with Gasteiger partial charge in [-0.25, -0.2) is 19.2 Å². The van der Waals surface area contributed by atoms with E-state index in [4.69, 9.17) is 14.5 Å². The Labute approximate surface area is 273 Å². The summed E-state index contributed by atoms with van der Waals surface area (Å²) < 4.78 is 25.9. The second-order valence-corrected chi connectivity index (χ2v) is 13.7. The molecule has 0 radical (unpaired) electrons. The van der Waals surface area contributed by atoms with Crippen LogP contribution < -0.4 is 20.1 Å². The molecule has 3 heterocycles. The lowest BCUT2D eigenvalue weighted by Crippen LogP contribution is -2.24. The Bertz CT molecular complexity index is 1760. The van der Waals surface area contributed by atoms with Gasteiger partial charge in [0, 0.05) is 49.3 Å². The number of anilines is 4. The van der Waals surface area contributed by atoms with Crippen molar-refractivity contribution >= 4 is 50.8 Å². The molecule has 1 fully saturated rings. The van der Waals surface area contributed by atoms with Gasteiger partial charge in [0.2, 0.25) is 0 Å². The molecule has 11 nitrogen and oxygen atoms in total. The second kappa shape index (κ2) is 14.1. The van der Waals surface area contributed by atoms with Crippen molar-refractivity contribution < 1.29 is 18.5 Å². The standard InChI is InChI=1S/C34H43N7O4S/c1-21-8-9-22(33(42)39-28-17-24(34(2,3)4)18-29(31(28)45-6)40-46(7)43)16-27(21)38-32-30-26(35-20-36-32)11-10-25(37-30)23-12-13-41(19-23)14-15-44-5/h8-11,16-18,20,23,40H,12-15,19H2,1-7H3,(H,39,42)(H,35,36,38). The van der Waals surface area contributed by atoms with Crippen LogP contribution in [0.4, 0.5) is 22.9 Å². The van der Waals surface area contributed by atoms with Crippen LogP contribution in [-0.2, 0) is 21.1 Å². The number of likely N-dealkylation sites (tertiary alicyclic amines) is 1. The third-order valence-corrected chi connectivity index (χ3v) is 8.73. The van der Waals surface area contributed by atoms with E-state index in [1.165, 1.54) is 13.4 Å². The number of nitrogens with zero attached hydrogens (tertiary/aromatic N) is 4. The predicted molar refractivity (Wildman–Crippen MR) is 185 cm³/mol. The van der Waals surface area contributed by atoms with Crippen molar-refractivity contribution in [3.05, 3.63) is 71.2 Å². The summed E-state index contributed by atoms with van der Waals surface area (Å²) in [5, 5.41) is 6.44. The highest BCUT2D eigenvalue weighted by molar-refractivity contribution is 7.85. The fourth-order valence-corrected chi connectivity index (χ4v) is 6.06. The van der Waals surface area contributed by atoms with Gasteiger partial charge < -0.3 is 29.7 Å². The van der Waals surface area contributed by atoms with Gasteiger partial charge in [0.15, 0.2) is 11.6 Å². The maximum absolute atomic E-state index is 13.7. The minimum Gasteiger partial charge on any atom is -0.492 e. The molecule has 1 aliphatic heterocycles. The van der Waals surface area contributed by atoms with Crippen LogP contribution in [-0.4, -0.2) is 76.7 Å². The molecule has 4 aromatic rings. The van der Waals surface area contributed by atoms with Crippen LogP contribution in [0.3, 0.4) is 0 Å². The SMILES string of the molecule is COCCN1CCC(c2ccc3ncnc(Nc4cc(C(=O)Nc5cc(C(C)(C)C)cc(NS(C)=O)c5OC)ccc4C)c3n2)C1. The molecule has 0 bridgehead atoms. The fourth-order valence-electron chi connectivity index (χ4n) is 5.60. The molecule has 244 valence electrons. The van der Waals surface area contributed by atoms with Gasteiger partial charge in [-0.1, -0.05) is 26.8 Å². The van der Waals surface area contributed by atoms with Gasteiger partial charge >= 0.3 is 0 Å². The Morgan fingerprint density at radius 2 is 1.85 bits per heavy atom. The molecule has 2 aromatic carbocycles. The lowest BCUT2D eigenvalue weighted by atomic mass is 9.86. The summed E-state index contributed by atoms with van der Waals surface area (Å²) in [6.45, 7) is 11.8. The van der Waals surface area contributed by atoms with Crippen molar-refractivity contribution in [2.24, 2.45) is 0 Å². The Morgan fingerprint density at radius 3 is 2.57 bits per heavy atom. The molecular weight excluding hydrogens is 602 g/mol. The number of hydrogen-bond donors (Lipinski definition) is 3. The number of ether oxygens (including phenoxy) is 2. The van der Waals surface area contributed by atoms with Gasteiger partial charge in [-0.2, -0.15) is 0 Å². The topological polar surface area (TPSA) is 131 Å². The molecule has 2 unspecified atom stereocenters. The zero-order valence-corrected chi connectivity index (χ0v) is 28.4. The number of carbonyl (C=O) groups excluding carboxylic acids is 1.